The number of likely N-dealkylation sites (N-methyl/N-ethyl adjacent to an activating group) is 2. The molecule has 2 aromatic carbocycles. The van der Waals surface area contributed by atoms with Crippen LogP contribution in [0, 0.1) is 0 Å². The van der Waals surface area contributed by atoms with E-state index in [9.17, 15) is 14.7 Å². The van der Waals surface area contributed by atoms with Crippen molar-refractivity contribution in [1.29, 1.82) is 0 Å². The van der Waals surface area contributed by atoms with Crippen LogP contribution in [0.1, 0.15) is 66.4 Å². The predicted octanol–water partition coefficient (Wildman–Crippen LogP) is 5.20. The third-order valence-corrected chi connectivity index (χ3v) is 8.57. The molecule has 1 fully saturated rings. The van der Waals surface area contributed by atoms with E-state index in [1.165, 1.54) is 24.8 Å². The fraction of sp³-hybridized carbons (Fsp3) is 0.455. The van der Waals surface area contributed by atoms with Crippen LogP contribution in [-0.2, 0) is 11.3 Å². The van der Waals surface area contributed by atoms with Gasteiger partial charge in [0.25, 0.3) is 5.91 Å². The average molecular weight is 559 g/mol. The third kappa shape index (κ3) is 5.90. The quantitative estimate of drug-likeness (QED) is 0.375. The molecule has 3 aromatic rings. The molecule has 1 atom stereocenters. The SMILES string of the molecule is COc1ccc2c(c1)C=C(C(=O)N(C)CCN(C)CC(C)N)Cn1c-2c(C2CCCCC2)c2ccc(C(=O)O)cc21. The van der Waals surface area contributed by atoms with Gasteiger partial charge in [-0.15, -0.1) is 0 Å². The Morgan fingerprint density at radius 1 is 1.10 bits per heavy atom. The predicted molar refractivity (Wildman–Crippen MR) is 163 cm³/mol. The molecular weight excluding hydrogens is 516 g/mol. The summed E-state index contributed by atoms with van der Waals surface area (Å²) in [5.74, 6) is 0.113. The van der Waals surface area contributed by atoms with Gasteiger partial charge in [-0.3, -0.25) is 4.79 Å². The second kappa shape index (κ2) is 12.1. The molecule has 0 spiro atoms. The molecule has 0 saturated heterocycles. The van der Waals surface area contributed by atoms with Gasteiger partial charge in [-0.05, 0) is 80.3 Å². The van der Waals surface area contributed by atoms with E-state index in [1.807, 2.05) is 45.3 Å². The zero-order valence-electron chi connectivity index (χ0n) is 24.7. The van der Waals surface area contributed by atoms with E-state index in [-0.39, 0.29) is 17.5 Å². The summed E-state index contributed by atoms with van der Waals surface area (Å²) in [5, 5.41) is 10.9. The minimum atomic E-state index is -0.956. The van der Waals surface area contributed by atoms with Gasteiger partial charge in [-0.2, -0.15) is 0 Å². The number of hydrogen-bond donors (Lipinski definition) is 2. The molecule has 2 aliphatic rings. The highest BCUT2D eigenvalue weighted by Gasteiger charge is 2.31. The minimum Gasteiger partial charge on any atom is -0.497 e. The number of fused-ring (bicyclic) bond motifs is 5. The van der Waals surface area contributed by atoms with Crippen molar-refractivity contribution in [3.63, 3.8) is 0 Å². The van der Waals surface area contributed by atoms with Crippen molar-refractivity contribution in [2.75, 3.05) is 40.8 Å². The number of hydrogen-bond acceptors (Lipinski definition) is 5. The van der Waals surface area contributed by atoms with Crippen LogP contribution in [0.3, 0.4) is 0 Å². The van der Waals surface area contributed by atoms with Gasteiger partial charge in [-0.1, -0.05) is 25.3 Å². The number of amides is 1. The lowest BCUT2D eigenvalue weighted by Gasteiger charge is -2.24. The molecule has 8 heteroatoms. The van der Waals surface area contributed by atoms with Gasteiger partial charge in [0.2, 0.25) is 0 Å². The summed E-state index contributed by atoms with van der Waals surface area (Å²) in [6.45, 7) is 4.38. The number of benzene rings is 2. The maximum Gasteiger partial charge on any atom is 0.335 e. The molecule has 0 radical (unpaired) electrons. The number of aromatic carboxylic acids is 1. The largest absolute Gasteiger partial charge is 0.497 e. The van der Waals surface area contributed by atoms with E-state index < -0.39 is 5.97 Å². The lowest BCUT2D eigenvalue weighted by atomic mass is 9.81. The normalized spacial score (nSPS) is 16.1. The van der Waals surface area contributed by atoms with Crippen LogP contribution in [0.5, 0.6) is 5.75 Å². The Morgan fingerprint density at radius 3 is 2.54 bits per heavy atom. The Bertz CT molecular complexity index is 1480. The summed E-state index contributed by atoms with van der Waals surface area (Å²) < 4.78 is 7.77. The van der Waals surface area contributed by atoms with Gasteiger partial charge in [-0.25, -0.2) is 4.79 Å². The number of nitrogens with zero attached hydrogens (tertiary/aromatic N) is 3. The molecule has 0 bridgehead atoms. The summed E-state index contributed by atoms with van der Waals surface area (Å²) in [4.78, 5) is 29.9. The smallest absolute Gasteiger partial charge is 0.335 e. The maximum absolute atomic E-state index is 14.0. The Morgan fingerprint density at radius 2 is 1.85 bits per heavy atom. The number of aromatic nitrogens is 1. The van der Waals surface area contributed by atoms with Crippen LogP contribution in [0.25, 0.3) is 28.2 Å². The van der Waals surface area contributed by atoms with Gasteiger partial charge in [0, 0.05) is 54.8 Å². The molecule has 8 nitrogen and oxygen atoms in total. The second-order valence-electron chi connectivity index (χ2n) is 11.8. The number of carboxylic acid groups (broad SMARTS) is 1. The van der Waals surface area contributed by atoms with Crippen LogP contribution >= 0.6 is 0 Å². The first kappa shape index (κ1) is 28.9. The number of rotatable bonds is 9. The lowest BCUT2D eigenvalue weighted by Crippen LogP contribution is -2.39. The molecule has 218 valence electrons. The maximum atomic E-state index is 14.0. The van der Waals surface area contributed by atoms with Gasteiger partial charge >= 0.3 is 5.97 Å². The molecule has 41 heavy (non-hydrogen) atoms. The summed E-state index contributed by atoms with van der Waals surface area (Å²) >= 11 is 0. The Balaban J connectivity index is 1.65. The molecule has 1 saturated carbocycles. The third-order valence-electron chi connectivity index (χ3n) is 8.57. The molecule has 1 aliphatic heterocycles. The molecular formula is C33H42N4O4. The number of nitrogens with two attached hydrogens (primary N) is 1. The van der Waals surface area contributed by atoms with Crippen molar-refractivity contribution < 1.29 is 19.4 Å². The second-order valence-corrected chi connectivity index (χ2v) is 11.8. The first-order valence-electron chi connectivity index (χ1n) is 14.7. The van der Waals surface area contributed by atoms with Gasteiger partial charge in [0.1, 0.15) is 5.75 Å². The highest BCUT2D eigenvalue weighted by atomic mass is 16.5. The van der Waals surface area contributed by atoms with Crippen LogP contribution in [0.4, 0.5) is 0 Å². The first-order valence-corrected chi connectivity index (χ1v) is 14.7. The summed E-state index contributed by atoms with van der Waals surface area (Å²) in [6.07, 6.45) is 7.82. The van der Waals surface area contributed by atoms with Crippen molar-refractivity contribution in [2.45, 2.75) is 57.5 Å². The number of methoxy groups -OCH3 is 1. The average Bonchev–Trinajstić information content (AvgIpc) is 3.17. The summed E-state index contributed by atoms with van der Waals surface area (Å²) in [5.41, 5.74) is 12.1. The molecule has 1 amide bonds. The summed E-state index contributed by atoms with van der Waals surface area (Å²) in [7, 11) is 5.50. The van der Waals surface area contributed by atoms with Crippen LogP contribution < -0.4 is 10.5 Å². The zero-order valence-corrected chi connectivity index (χ0v) is 24.7. The van der Waals surface area contributed by atoms with Crippen molar-refractivity contribution in [1.82, 2.24) is 14.4 Å². The molecule has 1 unspecified atom stereocenters. The number of ether oxygens (including phenoxy) is 1. The monoisotopic (exact) mass is 558 g/mol. The lowest BCUT2D eigenvalue weighted by molar-refractivity contribution is -0.126. The van der Waals surface area contributed by atoms with Gasteiger partial charge in [0.15, 0.2) is 0 Å². The van der Waals surface area contributed by atoms with E-state index in [4.69, 9.17) is 10.5 Å². The molecule has 5 rings (SSSR count). The van der Waals surface area contributed by atoms with E-state index in [0.717, 1.165) is 52.9 Å². The first-order chi connectivity index (χ1) is 19.7. The van der Waals surface area contributed by atoms with E-state index >= 15 is 0 Å². The number of carbonyl (C=O) groups is 2. The standard InChI is InChI=1S/C33H42N4O4/c1-21(34)19-35(2)14-15-36(3)32(38)25-16-24-17-26(41-4)11-13-27(24)31-30(22-8-6-5-7-9-22)28-12-10-23(33(39)40)18-29(28)37(31)20-25/h10-13,16-18,21-22H,5-9,14-15,19-20,34H2,1-4H3,(H,39,40). The molecule has 1 aliphatic carbocycles. The minimum absolute atomic E-state index is 0.0451. The Hall–Kier alpha value is -3.62. The number of carbonyl (C=O) groups excluding carboxylic acids is 1. The molecule has 1 aromatic heterocycles. The topological polar surface area (TPSA) is 101 Å². The highest BCUT2D eigenvalue weighted by molar-refractivity contribution is 6.03. The van der Waals surface area contributed by atoms with Crippen molar-refractivity contribution in [3.05, 3.63) is 58.7 Å². The Kier molecular flexibility index (Phi) is 8.52. The zero-order chi connectivity index (χ0) is 29.3. The van der Waals surface area contributed by atoms with E-state index in [2.05, 4.69) is 15.5 Å². The van der Waals surface area contributed by atoms with Crippen LogP contribution in [0.15, 0.2) is 42.0 Å². The molecule has 2 heterocycles. The van der Waals surface area contributed by atoms with Crippen molar-refractivity contribution in [2.24, 2.45) is 5.73 Å². The van der Waals surface area contributed by atoms with Gasteiger partial charge < -0.3 is 29.9 Å². The van der Waals surface area contributed by atoms with Crippen LogP contribution in [-0.4, -0.2) is 78.2 Å². The fourth-order valence-electron chi connectivity index (χ4n) is 6.55. The van der Waals surface area contributed by atoms with Crippen molar-refractivity contribution in [3.8, 4) is 17.0 Å². The van der Waals surface area contributed by atoms with E-state index in [1.54, 1.807) is 24.1 Å². The van der Waals surface area contributed by atoms with Crippen molar-refractivity contribution >= 4 is 28.9 Å². The summed E-state index contributed by atoms with van der Waals surface area (Å²) in [6, 6.07) is 11.6. The number of carboxylic acids is 1. The fourth-order valence-corrected chi connectivity index (χ4v) is 6.55. The Labute approximate surface area is 242 Å². The van der Waals surface area contributed by atoms with Gasteiger partial charge in [0.05, 0.1) is 24.9 Å². The highest BCUT2D eigenvalue weighted by Crippen LogP contribution is 2.47. The van der Waals surface area contributed by atoms with E-state index in [0.29, 0.717) is 31.1 Å². The van der Waals surface area contributed by atoms with Crippen LogP contribution in [0.2, 0.25) is 0 Å². The molecule has 3 N–H and O–H groups in total.